The number of quaternary nitrogens is 1. The Morgan fingerprint density at radius 1 is 0.722 bits per heavy atom. The first kappa shape index (κ1) is 73.3. The number of amides is 11. The number of hydrogen-bond donors (Lipinski definition) is 12. The molecule has 0 aliphatic rings. The maximum absolute atomic E-state index is 14.3. The molecule has 0 spiro atoms. The molecule has 2 aromatic heterocycles. The predicted octanol–water partition coefficient (Wildman–Crippen LogP) is 1.17. The van der Waals surface area contributed by atoms with E-state index in [1.165, 1.54) is 25.5 Å². The van der Waals surface area contributed by atoms with Crippen LogP contribution >= 0.6 is 0 Å². The van der Waals surface area contributed by atoms with E-state index in [0.29, 0.717) is 52.6 Å². The number of benzene rings is 2. The molecular weight excluding hydrogens is 1160 g/mol. The highest BCUT2D eigenvalue weighted by molar-refractivity contribution is 5.98. The first-order valence-corrected chi connectivity index (χ1v) is 30.4. The number of aromatic amines is 1. The molecule has 490 valence electrons. The molecule has 2 aromatic carbocycles. The van der Waals surface area contributed by atoms with Crippen molar-refractivity contribution in [2.45, 2.75) is 168 Å². The Morgan fingerprint density at radius 3 is 2.00 bits per heavy atom. The highest BCUT2D eigenvalue weighted by Crippen LogP contribution is 2.27. The van der Waals surface area contributed by atoms with Gasteiger partial charge in [0.15, 0.2) is 0 Å². The molecule has 0 unspecified atom stereocenters. The van der Waals surface area contributed by atoms with Crippen molar-refractivity contribution in [3.05, 3.63) is 83.6 Å². The number of carbonyl (C=O) groups excluding carboxylic acids is 11. The standard InChI is InChI=1S/C63H92N16O11/c1-12-38(6)63(8,25-24-53(82)74-47(56(66)84)27-36(2)3)78-61(89)49(30-43-33-67-35-71-43)75-54(83)34-70-62(90)55(37(4)5)77-57(85)39(7)72-60(88)48(29-42-32-69-45-18-14-13-17-44(42)45)76-59(87)46(21-23-51(65)80)73-52(81)19-15-16-26-68-58(86)40-20-22-50(79(9,10)11)41(28-40)31-64/h13-14,17-18,20,22,28,32-33,35-39,46-49,55,69H,12,15-16,19,21,23-27,29-30,34H2,1-11H3,(H13-,65,66,67,68,70,71,72,73,74,75,76,77,78,80,81,82,83,84,85,86,87,88,89,90)/t38-,39-,46-,47-,48-,49-,55-,63+/m0/s1. The van der Waals surface area contributed by atoms with Gasteiger partial charge in [-0.3, -0.25) is 57.2 Å². The van der Waals surface area contributed by atoms with Gasteiger partial charge < -0.3 is 74.3 Å². The third kappa shape index (κ3) is 23.1. The lowest BCUT2D eigenvalue weighted by molar-refractivity contribution is -0.135. The van der Waals surface area contributed by atoms with Gasteiger partial charge >= 0.3 is 0 Å². The molecule has 0 saturated heterocycles. The number of nitrogens with one attached hydrogen (secondary N) is 10. The second-order valence-electron chi connectivity index (χ2n) is 24.7. The second kappa shape index (κ2) is 34.5. The molecular formula is C63H92N16O11. The molecule has 0 bridgehead atoms. The Hall–Kier alpha value is -9.19. The van der Waals surface area contributed by atoms with E-state index in [9.17, 15) is 58.0 Å². The molecule has 27 heteroatoms. The normalized spacial score (nSPS) is 14.4. The van der Waals surface area contributed by atoms with Crippen LogP contribution in [-0.2, 0) is 60.8 Å². The third-order valence-electron chi connectivity index (χ3n) is 15.6. The van der Waals surface area contributed by atoms with Gasteiger partial charge in [-0.1, -0.05) is 84.4 Å². The van der Waals surface area contributed by atoms with Gasteiger partial charge in [-0.2, -0.15) is 5.26 Å². The van der Waals surface area contributed by atoms with Crippen LogP contribution in [0.1, 0.15) is 140 Å². The van der Waals surface area contributed by atoms with Crippen molar-refractivity contribution in [3.8, 4) is 6.07 Å². The van der Waals surface area contributed by atoms with Gasteiger partial charge in [0.1, 0.15) is 53.6 Å². The zero-order chi connectivity index (χ0) is 67.0. The minimum absolute atomic E-state index is 0.0506. The number of nitriles is 1. The number of carbonyl (C=O) groups is 11. The largest absolute Gasteiger partial charge is 0.450 e. The van der Waals surface area contributed by atoms with Gasteiger partial charge in [-0.05, 0) is 93.9 Å². The van der Waals surface area contributed by atoms with E-state index in [1.54, 1.807) is 45.2 Å². The van der Waals surface area contributed by atoms with Crippen molar-refractivity contribution in [3.63, 3.8) is 0 Å². The number of aromatic nitrogens is 3. The zero-order valence-corrected chi connectivity index (χ0v) is 53.6. The molecule has 90 heavy (non-hydrogen) atoms. The molecule has 0 saturated carbocycles. The number of unbranched alkanes of at least 4 members (excludes halogenated alkanes) is 1. The SMILES string of the molecule is CC[C@H](C)[C@@](C)(CCC(=O)N[C@@H](CC(C)C)C(N)=O)NC(=O)[C@H](Cc1c[n-]cn1)NC(=O)CNC(=O)[C@@H](NC(=O)[C@H](C)NC(=O)[C@H](Cc1c[nH]c2ccccc12)NC(=O)[C@H](CCC(N)=O)NC(=O)CCCCNC(=O)c1ccc([N+](C)(C)C)c(C#N)c1)C(C)C. The van der Waals surface area contributed by atoms with Crippen LogP contribution in [0.15, 0.2) is 61.2 Å². The average Bonchev–Trinajstić information content (AvgIpc) is 1.60. The number of rotatable bonds is 37. The summed E-state index contributed by atoms with van der Waals surface area (Å²) in [6, 6.07) is 6.92. The van der Waals surface area contributed by atoms with Gasteiger partial charge in [0.25, 0.3) is 5.91 Å². The van der Waals surface area contributed by atoms with Gasteiger partial charge in [0, 0.05) is 66.5 Å². The average molecular weight is 1250 g/mol. The Balaban J connectivity index is 1.41. The Bertz CT molecular complexity index is 3200. The Labute approximate surface area is 525 Å². The molecule has 14 N–H and O–H groups in total. The lowest BCUT2D eigenvalue weighted by atomic mass is 9.80. The number of para-hydroxylation sites is 1. The molecule has 0 fully saturated rings. The first-order valence-electron chi connectivity index (χ1n) is 30.4. The second-order valence-corrected chi connectivity index (χ2v) is 24.7. The minimum atomic E-state index is -1.37. The number of primary amides is 2. The zero-order valence-electron chi connectivity index (χ0n) is 53.6. The van der Waals surface area contributed by atoms with E-state index in [1.807, 2.05) is 67.0 Å². The maximum Gasteiger partial charge on any atom is 0.251 e. The molecule has 0 aliphatic carbocycles. The summed E-state index contributed by atoms with van der Waals surface area (Å²) in [6.07, 6.45) is 5.36. The van der Waals surface area contributed by atoms with E-state index >= 15 is 0 Å². The summed E-state index contributed by atoms with van der Waals surface area (Å²) in [4.78, 5) is 159. The van der Waals surface area contributed by atoms with E-state index < -0.39 is 119 Å². The van der Waals surface area contributed by atoms with Crippen LogP contribution in [0.2, 0.25) is 0 Å². The van der Waals surface area contributed by atoms with Crippen LogP contribution in [0.3, 0.4) is 0 Å². The third-order valence-corrected chi connectivity index (χ3v) is 15.6. The molecule has 8 atom stereocenters. The van der Waals surface area contributed by atoms with Crippen LogP contribution in [0.25, 0.3) is 10.9 Å². The van der Waals surface area contributed by atoms with Crippen LogP contribution in [0.4, 0.5) is 5.69 Å². The summed E-state index contributed by atoms with van der Waals surface area (Å²) in [5, 5.41) is 34.8. The number of nitrogens with two attached hydrogens (primary N) is 2. The highest BCUT2D eigenvalue weighted by Gasteiger charge is 2.37. The molecule has 0 aliphatic heterocycles. The lowest BCUT2D eigenvalue weighted by Crippen LogP contribution is -2.59. The molecule has 2 heterocycles. The van der Waals surface area contributed by atoms with Crippen LogP contribution in [0, 0.1) is 29.1 Å². The highest BCUT2D eigenvalue weighted by atomic mass is 16.2. The number of nitrogens with zero attached hydrogens (tertiary/aromatic N) is 4. The van der Waals surface area contributed by atoms with Crippen molar-refractivity contribution in [1.82, 2.24) is 67.3 Å². The molecule has 11 amide bonds. The fourth-order valence-electron chi connectivity index (χ4n) is 10.00. The van der Waals surface area contributed by atoms with E-state index in [-0.39, 0.29) is 63.3 Å². The van der Waals surface area contributed by atoms with E-state index in [2.05, 4.69) is 68.9 Å². The fraction of sp³-hybridized carbons (Fsp3) is 0.540. The number of H-pyrrole nitrogens is 1. The Kier molecular flexibility index (Phi) is 28.1. The molecule has 4 aromatic rings. The molecule has 0 radical (unpaired) electrons. The van der Waals surface area contributed by atoms with Crippen LogP contribution < -0.4 is 68.8 Å². The summed E-state index contributed by atoms with van der Waals surface area (Å²) in [5.74, 6) is -7.98. The van der Waals surface area contributed by atoms with Gasteiger partial charge in [0.2, 0.25) is 59.1 Å². The maximum atomic E-state index is 14.3. The summed E-state index contributed by atoms with van der Waals surface area (Å²) in [7, 11) is 5.73. The molecule has 27 nitrogen and oxygen atoms in total. The van der Waals surface area contributed by atoms with Crippen molar-refractivity contribution >= 4 is 81.6 Å². The monoisotopic (exact) mass is 1250 g/mol. The predicted molar refractivity (Wildman–Crippen MR) is 338 cm³/mol. The van der Waals surface area contributed by atoms with Crippen LogP contribution in [0.5, 0.6) is 0 Å². The minimum Gasteiger partial charge on any atom is -0.450 e. The van der Waals surface area contributed by atoms with Crippen molar-refractivity contribution in [2.75, 3.05) is 34.2 Å². The van der Waals surface area contributed by atoms with E-state index in [0.717, 1.165) is 16.6 Å². The summed E-state index contributed by atoms with van der Waals surface area (Å²) >= 11 is 0. The number of imidazole rings is 1. The summed E-state index contributed by atoms with van der Waals surface area (Å²) in [6.45, 7) is 13.7. The first-order chi connectivity index (χ1) is 42.3. The quantitative estimate of drug-likeness (QED) is 0.0223. The summed E-state index contributed by atoms with van der Waals surface area (Å²) in [5.41, 5.74) is 13.2. The molecule has 4 rings (SSSR count). The van der Waals surface area contributed by atoms with Gasteiger partial charge in [-0.15, -0.1) is 0 Å². The lowest BCUT2D eigenvalue weighted by Gasteiger charge is -2.38. The van der Waals surface area contributed by atoms with Crippen molar-refractivity contribution < 1.29 is 52.7 Å². The number of fused-ring (bicyclic) bond motifs is 1. The fourth-order valence-corrected chi connectivity index (χ4v) is 10.00. The summed E-state index contributed by atoms with van der Waals surface area (Å²) < 4.78 is 0.386. The van der Waals surface area contributed by atoms with Gasteiger partial charge in [-0.25, -0.2) is 0 Å². The van der Waals surface area contributed by atoms with Crippen molar-refractivity contribution in [2.24, 2.45) is 29.2 Å². The number of hydrogen-bond acceptors (Lipinski definition) is 13. The Morgan fingerprint density at radius 2 is 1.38 bits per heavy atom. The van der Waals surface area contributed by atoms with E-state index in [4.69, 9.17) is 11.5 Å². The topological polar surface area (TPSA) is 415 Å². The van der Waals surface area contributed by atoms with Crippen LogP contribution in [-0.4, -0.2) is 151 Å². The van der Waals surface area contributed by atoms with Gasteiger partial charge in [0.05, 0.1) is 27.7 Å². The smallest absolute Gasteiger partial charge is 0.251 e. The van der Waals surface area contributed by atoms with Crippen molar-refractivity contribution in [1.29, 1.82) is 5.26 Å².